The van der Waals surface area contributed by atoms with E-state index in [2.05, 4.69) is 16.7 Å². The molecule has 2 aromatic rings. The number of hydrogen-bond donors (Lipinski definition) is 2. The van der Waals surface area contributed by atoms with Crippen LogP contribution in [-0.4, -0.2) is 12.0 Å². The van der Waals surface area contributed by atoms with Crippen LogP contribution in [0.2, 0.25) is 0 Å². The highest BCUT2D eigenvalue weighted by molar-refractivity contribution is 5.68. The molecule has 0 atom stereocenters. The first-order valence-corrected chi connectivity index (χ1v) is 6.32. The maximum atomic E-state index is 10.9. The average Bonchev–Trinajstić information content (AvgIpc) is 2.49. The second-order valence-corrected chi connectivity index (χ2v) is 4.43. The Kier molecular flexibility index (Phi) is 4.36. The van der Waals surface area contributed by atoms with E-state index < -0.39 is 4.92 Å². The number of benzene rings is 2. The van der Waals surface area contributed by atoms with Crippen LogP contribution in [0.1, 0.15) is 5.56 Å². The van der Waals surface area contributed by atoms with Crippen LogP contribution in [0.15, 0.2) is 42.5 Å². The first-order chi connectivity index (χ1) is 10.1. The van der Waals surface area contributed by atoms with E-state index in [1.807, 2.05) is 24.3 Å². The molecular weight excluding hydrogens is 268 g/mol. The van der Waals surface area contributed by atoms with Gasteiger partial charge in [-0.25, -0.2) is 0 Å². The standard InChI is InChI=1S/C15H14N4O2/c1-17-13-8-14(10-15(9-13)19(20)21)18-12-4-2-11(3-5-12)6-7-16/h2-5,8-10,17-18H,6H2,1H3. The van der Waals surface area contributed by atoms with Crippen LogP contribution < -0.4 is 10.6 Å². The number of nitro benzene ring substituents is 1. The number of nitrogens with one attached hydrogen (secondary N) is 2. The lowest BCUT2D eigenvalue weighted by Crippen LogP contribution is -1.97. The molecule has 0 unspecified atom stereocenters. The summed E-state index contributed by atoms with van der Waals surface area (Å²) in [5.74, 6) is 0. The minimum atomic E-state index is -0.429. The fourth-order valence-corrected chi connectivity index (χ4v) is 1.90. The fourth-order valence-electron chi connectivity index (χ4n) is 1.90. The van der Waals surface area contributed by atoms with Gasteiger partial charge in [-0.05, 0) is 23.8 Å². The highest BCUT2D eigenvalue weighted by atomic mass is 16.6. The molecule has 0 aliphatic heterocycles. The van der Waals surface area contributed by atoms with Crippen molar-refractivity contribution in [3.05, 3.63) is 58.1 Å². The van der Waals surface area contributed by atoms with Crippen molar-refractivity contribution in [2.24, 2.45) is 0 Å². The van der Waals surface area contributed by atoms with Gasteiger partial charge in [-0.15, -0.1) is 0 Å². The number of nitrogens with zero attached hydrogens (tertiary/aromatic N) is 2. The molecule has 21 heavy (non-hydrogen) atoms. The van der Waals surface area contributed by atoms with Gasteiger partial charge in [0.05, 0.1) is 17.4 Å². The summed E-state index contributed by atoms with van der Waals surface area (Å²) in [7, 11) is 1.71. The molecule has 106 valence electrons. The second kappa shape index (κ2) is 6.39. The van der Waals surface area contributed by atoms with Crippen molar-refractivity contribution in [1.82, 2.24) is 0 Å². The van der Waals surface area contributed by atoms with Crippen molar-refractivity contribution in [2.75, 3.05) is 17.7 Å². The summed E-state index contributed by atoms with van der Waals surface area (Å²) in [6.07, 6.45) is 0.362. The predicted molar refractivity (Wildman–Crippen MR) is 81.7 cm³/mol. The third-order valence-electron chi connectivity index (χ3n) is 2.94. The van der Waals surface area contributed by atoms with E-state index in [4.69, 9.17) is 5.26 Å². The van der Waals surface area contributed by atoms with Gasteiger partial charge in [0.2, 0.25) is 0 Å². The Bertz CT molecular complexity index is 690. The molecule has 0 fully saturated rings. The highest BCUT2D eigenvalue weighted by Gasteiger charge is 2.09. The van der Waals surface area contributed by atoms with Gasteiger partial charge in [0.1, 0.15) is 0 Å². The molecule has 2 aromatic carbocycles. The molecule has 6 nitrogen and oxygen atoms in total. The summed E-state index contributed by atoms with van der Waals surface area (Å²) >= 11 is 0. The van der Waals surface area contributed by atoms with Crippen LogP contribution >= 0.6 is 0 Å². The Morgan fingerprint density at radius 1 is 1.14 bits per heavy atom. The largest absolute Gasteiger partial charge is 0.388 e. The molecule has 2 rings (SSSR count). The molecule has 0 heterocycles. The van der Waals surface area contributed by atoms with E-state index in [-0.39, 0.29) is 5.69 Å². The number of hydrogen-bond acceptors (Lipinski definition) is 5. The molecule has 0 bridgehead atoms. The molecule has 0 amide bonds. The van der Waals surface area contributed by atoms with Gasteiger partial charge in [0, 0.05) is 36.2 Å². The van der Waals surface area contributed by atoms with E-state index in [0.717, 1.165) is 11.3 Å². The molecule has 0 saturated heterocycles. The summed E-state index contributed by atoms with van der Waals surface area (Å²) in [5.41, 5.74) is 3.04. The summed E-state index contributed by atoms with van der Waals surface area (Å²) in [5, 5.41) is 25.5. The average molecular weight is 282 g/mol. The van der Waals surface area contributed by atoms with Crippen molar-refractivity contribution in [1.29, 1.82) is 5.26 Å². The lowest BCUT2D eigenvalue weighted by atomic mass is 10.1. The zero-order chi connectivity index (χ0) is 15.2. The molecule has 6 heteroatoms. The smallest absolute Gasteiger partial charge is 0.273 e. The van der Waals surface area contributed by atoms with Crippen molar-refractivity contribution >= 4 is 22.7 Å². The van der Waals surface area contributed by atoms with Gasteiger partial charge in [0.15, 0.2) is 0 Å². The fraction of sp³-hybridized carbons (Fsp3) is 0.133. The minimum Gasteiger partial charge on any atom is -0.388 e. The Balaban J connectivity index is 2.24. The Morgan fingerprint density at radius 2 is 1.81 bits per heavy atom. The van der Waals surface area contributed by atoms with Crippen molar-refractivity contribution in [3.8, 4) is 6.07 Å². The minimum absolute atomic E-state index is 0.0189. The summed E-state index contributed by atoms with van der Waals surface area (Å²) in [6.45, 7) is 0. The topological polar surface area (TPSA) is 91.0 Å². The summed E-state index contributed by atoms with van der Waals surface area (Å²) in [6, 6.07) is 14.2. The zero-order valence-corrected chi connectivity index (χ0v) is 11.5. The molecule has 0 spiro atoms. The lowest BCUT2D eigenvalue weighted by Gasteiger charge is -2.09. The molecule has 2 N–H and O–H groups in total. The van der Waals surface area contributed by atoms with Gasteiger partial charge < -0.3 is 10.6 Å². The number of nitro groups is 1. The first-order valence-electron chi connectivity index (χ1n) is 6.32. The first kappa shape index (κ1) is 14.3. The van der Waals surface area contributed by atoms with Crippen LogP contribution in [-0.2, 0) is 6.42 Å². The van der Waals surface area contributed by atoms with Crippen LogP contribution in [0.4, 0.5) is 22.7 Å². The quantitative estimate of drug-likeness (QED) is 0.647. The zero-order valence-electron chi connectivity index (χ0n) is 11.5. The Labute approximate surface area is 122 Å². The molecule has 0 aliphatic carbocycles. The Hall–Kier alpha value is -3.07. The monoisotopic (exact) mass is 282 g/mol. The SMILES string of the molecule is CNc1cc(Nc2ccc(CC#N)cc2)cc([N+](=O)[O-])c1. The van der Waals surface area contributed by atoms with Gasteiger partial charge >= 0.3 is 0 Å². The van der Waals surface area contributed by atoms with Crippen molar-refractivity contribution < 1.29 is 4.92 Å². The number of anilines is 3. The van der Waals surface area contributed by atoms with Crippen LogP contribution in [0.3, 0.4) is 0 Å². The molecule has 0 aromatic heterocycles. The third-order valence-corrected chi connectivity index (χ3v) is 2.94. The van der Waals surface area contributed by atoms with E-state index in [1.165, 1.54) is 12.1 Å². The summed E-state index contributed by atoms with van der Waals surface area (Å²) < 4.78 is 0. The summed E-state index contributed by atoms with van der Waals surface area (Å²) in [4.78, 5) is 10.5. The van der Waals surface area contributed by atoms with E-state index >= 15 is 0 Å². The molecule has 0 saturated carbocycles. The van der Waals surface area contributed by atoms with Gasteiger partial charge in [-0.2, -0.15) is 5.26 Å². The van der Waals surface area contributed by atoms with E-state index in [0.29, 0.717) is 17.8 Å². The highest BCUT2D eigenvalue weighted by Crippen LogP contribution is 2.26. The van der Waals surface area contributed by atoms with Crippen LogP contribution in [0, 0.1) is 21.4 Å². The normalized spacial score (nSPS) is 9.71. The predicted octanol–water partition coefficient (Wildman–Crippen LogP) is 3.45. The van der Waals surface area contributed by atoms with Crippen molar-refractivity contribution in [2.45, 2.75) is 6.42 Å². The lowest BCUT2D eigenvalue weighted by molar-refractivity contribution is -0.384. The number of non-ortho nitro benzene ring substituents is 1. The van der Waals surface area contributed by atoms with Crippen LogP contribution in [0.5, 0.6) is 0 Å². The maximum absolute atomic E-state index is 10.9. The third kappa shape index (κ3) is 3.70. The van der Waals surface area contributed by atoms with Gasteiger partial charge in [-0.3, -0.25) is 10.1 Å². The van der Waals surface area contributed by atoms with Crippen LogP contribution in [0.25, 0.3) is 0 Å². The number of rotatable bonds is 5. The van der Waals surface area contributed by atoms with E-state index in [9.17, 15) is 10.1 Å². The van der Waals surface area contributed by atoms with E-state index in [1.54, 1.807) is 13.1 Å². The molecule has 0 aliphatic rings. The van der Waals surface area contributed by atoms with Crippen molar-refractivity contribution in [3.63, 3.8) is 0 Å². The molecule has 0 radical (unpaired) electrons. The van der Waals surface area contributed by atoms with Gasteiger partial charge in [-0.1, -0.05) is 12.1 Å². The Morgan fingerprint density at radius 3 is 2.38 bits per heavy atom. The molecular formula is C15H14N4O2. The second-order valence-electron chi connectivity index (χ2n) is 4.43. The number of nitriles is 1. The maximum Gasteiger partial charge on any atom is 0.273 e. The van der Waals surface area contributed by atoms with Gasteiger partial charge in [0.25, 0.3) is 5.69 Å².